The molecule has 0 atom stereocenters. The summed E-state index contributed by atoms with van der Waals surface area (Å²) in [4.78, 5) is 12.6. The van der Waals surface area contributed by atoms with Crippen LogP contribution >= 0.6 is 45.2 Å². The number of benzene rings is 4. The van der Waals surface area contributed by atoms with E-state index in [1.165, 1.54) is 54.6 Å². The molecule has 0 aliphatic rings. The van der Waals surface area contributed by atoms with Crippen molar-refractivity contribution in [2.75, 3.05) is 26.4 Å². The van der Waals surface area contributed by atoms with Gasteiger partial charge in [-0.05, 0) is 203 Å². The number of rotatable bonds is 21. The largest absolute Gasteiger partial charge is 0.489 e. The maximum absolute atomic E-state index is 13.4. The zero-order chi connectivity index (χ0) is 75.3. The van der Waals surface area contributed by atoms with Gasteiger partial charge in [-0.3, -0.25) is 10.2 Å². The van der Waals surface area contributed by atoms with Crippen molar-refractivity contribution in [3.63, 3.8) is 0 Å². The van der Waals surface area contributed by atoms with Gasteiger partial charge in [0.25, 0.3) is 0 Å². The maximum atomic E-state index is 13.4. The Kier molecular flexibility index (Phi) is 29.3. The Hall–Kier alpha value is -8.51. The second-order valence-corrected chi connectivity index (χ2v) is 47.2. The number of hydrogen-bond donors (Lipinski definition) is 4. The van der Waals surface area contributed by atoms with Crippen molar-refractivity contribution in [1.29, 1.82) is 0 Å². The van der Waals surface area contributed by atoms with E-state index in [1.807, 2.05) is 81.9 Å². The first kappa shape index (κ1) is 80.6. The van der Waals surface area contributed by atoms with Gasteiger partial charge in [-0.25, -0.2) is 41.9 Å². The van der Waals surface area contributed by atoms with Crippen molar-refractivity contribution >= 4 is 98.9 Å². The van der Waals surface area contributed by atoms with E-state index >= 15 is 0 Å². The molecule has 0 bridgehead atoms. The van der Waals surface area contributed by atoms with E-state index in [0.29, 0.717) is 18.9 Å². The van der Waals surface area contributed by atoms with E-state index in [-0.39, 0.29) is 23.3 Å². The third kappa shape index (κ3) is 25.1. The number of hydrogen-bond acceptors (Lipinski definition) is 12. The molecule has 548 valence electrons. The minimum Gasteiger partial charge on any atom is -0.423 e. The molecule has 19 nitrogen and oxygen atoms in total. The van der Waals surface area contributed by atoms with Crippen LogP contribution in [-0.4, -0.2) is 136 Å². The quantitative estimate of drug-likeness (QED) is 0.0229. The highest BCUT2D eigenvalue weighted by atomic mass is 127. The lowest BCUT2D eigenvalue weighted by atomic mass is 9.82. The monoisotopic (exact) mass is 1700 g/mol. The zero-order valence-electron chi connectivity index (χ0n) is 60.4. The van der Waals surface area contributed by atoms with Crippen LogP contribution in [0.25, 0.3) is 84.2 Å². The number of H-pyrrole nitrogens is 2. The minimum atomic E-state index is -1.42. The predicted octanol–water partition coefficient (Wildman–Crippen LogP) is 17.6. The molecule has 0 saturated heterocycles. The van der Waals surface area contributed by atoms with Gasteiger partial charge in [0.2, 0.25) is 0 Å². The van der Waals surface area contributed by atoms with E-state index in [9.17, 15) is 17.6 Å². The third-order valence-corrected chi connectivity index (χ3v) is 22.7. The average Bonchev–Trinajstić information content (AvgIpc) is 1.67. The van der Waals surface area contributed by atoms with Crippen LogP contribution in [0.5, 0.6) is 0 Å². The normalized spacial score (nSPS) is 11.4. The van der Waals surface area contributed by atoms with E-state index < -0.39 is 31.3 Å². The Labute approximate surface area is 639 Å². The van der Waals surface area contributed by atoms with E-state index in [4.69, 9.17) is 29.4 Å². The molecule has 0 spiro atoms. The highest BCUT2D eigenvalue weighted by Crippen LogP contribution is 2.33. The van der Waals surface area contributed by atoms with Crippen LogP contribution < -0.4 is 5.46 Å². The Balaban J connectivity index is 0.000000152. The summed E-state index contributed by atoms with van der Waals surface area (Å²) in [5.74, 6) is -0.968. The number of ether oxygens (including phenoxy) is 3. The molecule has 14 rings (SSSR count). The molecule has 29 heteroatoms. The summed E-state index contributed by atoms with van der Waals surface area (Å²) in [6, 6.07) is 40.4. The summed E-state index contributed by atoms with van der Waals surface area (Å²) in [6.07, 6.45) is 23.9. The molecule has 14 aromatic rings. The second kappa shape index (κ2) is 38.1. The van der Waals surface area contributed by atoms with Crippen molar-refractivity contribution in [2.24, 2.45) is 0 Å². The summed E-state index contributed by atoms with van der Waals surface area (Å²) in [5, 5.41) is 40.8. The van der Waals surface area contributed by atoms with E-state index in [1.54, 1.807) is 113 Å². The van der Waals surface area contributed by atoms with Crippen LogP contribution in [0.3, 0.4) is 0 Å². The van der Waals surface area contributed by atoms with Gasteiger partial charge in [-0.1, -0.05) is 65.0 Å². The van der Waals surface area contributed by atoms with Crippen molar-refractivity contribution in [3.8, 4) is 67.3 Å². The van der Waals surface area contributed by atoms with Gasteiger partial charge in [-0.2, -0.15) is 20.4 Å². The summed E-state index contributed by atoms with van der Waals surface area (Å²) < 4.78 is 80.2. The number of halogens is 6. The molecule has 4 N–H and O–H groups in total. The second-order valence-electron chi connectivity index (χ2n) is 28.0. The average molecular weight is 1700 g/mol. The standard InChI is InChI=1S/C22H25FN4OSi.C16H11FN4.C15H20FIN2OSi.C9H6FIN2.C7H7BN2O2.C7H18OSi/c1-29(2,3)13-12-28-16-27-15-20(18-6-9-21-24-10-11-26(21)14-18)22(25-27)17-4-7-19(23)8-5-17;17-13-4-1-11(2-5-13)16-14(9-19-20-16)12-3-6-15-18-7-8-21(15)10-12;1-21(2,3)9-8-20-11-19-10-14(17)15(18-19)12-4-6-13(16)7-5-12;10-7-3-1-6(2-4-7)9-8(11)5-12-13-9;11-8(12)6-1-2-7-9-3-4-10(7)5-6;1-5-8-6-7-9(2,3)4/h4-11,14-15H,12-13,16H2,1-3H3;1-10H,(H,19,20);4-7,10H,8-9,11H2,1-3H3;1-5H,(H,12,13);1-5,11-12H;5-7H2,1-4H3. The summed E-state index contributed by atoms with van der Waals surface area (Å²) >= 11 is 4.42. The smallest absolute Gasteiger partial charge is 0.423 e. The topological polar surface area (TPSA) is 213 Å². The molecule has 0 fully saturated rings. The molecule has 105 heavy (non-hydrogen) atoms. The molecule has 0 radical (unpaired) electrons. The predicted molar refractivity (Wildman–Crippen MR) is 435 cm³/mol. The summed E-state index contributed by atoms with van der Waals surface area (Å²) in [5.41, 5.74) is 14.1. The molecule has 10 heterocycles. The van der Waals surface area contributed by atoms with Crippen molar-refractivity contribution in [1.82, 2.24) is 68.1 Å². The number of pyridine rings is 3. The lowest BCUT2D eigenvalue weighted by Gasteiger charge is -2.15. The highest BCUT2D eigenvalue weighted by Gasteiger charge is 2.19. The fourth-order valence-corrected chi connectivity index (χ4v) is 13.6. The minimum absolute atomic E-state index is 0.224. The fraction of sp³-hybridized carbons (Fsp3) is 0.250. The van der Waals surface area contributed by atoms with E-state index in [2.05, 4.69) is 145 Å². The van der Waals surface area contributed by atoms with Gasteiger partial charge >= 0.3 is 7.12 Å². The first-order valence-corrected chi connectivity index (χ1v) is 47.4. The van der Waals surface area contributed by atoms with Gasteiger partial charge in [-0.15, -0.1) is 0 Å². The molecular formula is C76H87BF4I2N14O5Si3. The van der Waals surface area contributed by atoms with Crippen LogP contribution in [0, 0.1) is 30.4 Å². The number of fused-ring (bicyclic) bond motifs is 3. The molecule has 0 amide bonds. The molecule has 0 saturated carbocycles. The number of nitrogens with one attached hydrogen (secondary N) is 2. The van der Waals surface area contributed by atoms with Crippen LogP contribution in [0.1, 0.15) is 6.92 Å². The van der Waals surface area contributed by atoms with Crippen LogP contribution in [-0.2, 0) is 27.7 Å². The molecule has 0 aliphatic carbocycles. The fourth-order valence-electron chi connectivity index (χ4n) is 10.1. The Bertz CT molecular complexity index is 4980. The molecule has 10 aromatic heterocycles. The molecule has 0 unspecified atom stereocenters. The lowest BCUT2D eigenvalue weighted by Crippen LogP contribution is -2.30. The third-order valence-electron chi connectivity index (χ3n) is 16.0. The first-order valence-electron chi connectivity index (χ1n) is 34.1. The SMILES string of the molecule is CCOCC[Si](C)(C)C.C[Si](C)(C)CCOCn1cc(-c2ccc3nccn3c2)c(-c2ccc(F)cc2)n1.C[Si](C)(C)CCOCn1cc(I)c(-c2ccc(F)cc2)n1.Fc1ccc(-c2[nH]ncc2-c2ccc3nccn3c2)cc1.Fc1ccc(-c2[nH]ncc2I)cc1.OB(O)c1ccc2nccn2c1. The van der Waals surface area contributed by atoms with Crippen LogP contribution in [0.4, 0.5) is 17.6 Å². The number of imidazole rings is 3. The highest BCUT2D eigenvalue weighted by molar-refractivity contribution is 14.1. The van der Waals surface area contributed by atoms with Gasteiger partial charge in [0, 0.05) is 163 Å². The first-order chi connectivity index (χ1) is 50.1. The summed E-state index contributed by atoms with van der Waals surface area (Å²) in [7, 11) is -4.42. The number of aromatic nitrogens is 14. The zero-order valence-corrected chi connectivity index (χ0v) is 67.7. The van der Waals surface area contributed by atoms with Gasteiger partial charge in [0.05, 0.1) is 30.9 Å². The summed E-state index contributed by atoms with van der Waals surface area (Å²) in [6.45, 7) is 27.3. The van der Waals surface area contributed by atoms with Gasteiger partial charge < -0.3 is 37.5 Å². The van der Waals surface area contributed by atoms with Gasteiger partial charge in [0.15, 0.2) is 0 Å². The van der Waals surface area contributed by atoms with Crippen molar-refractivity contribution < 1.29 is 41.8 Å². The lowest BCUT2D eigenvalue weighted by molar-refractivity contribution is 0.0786. The Morgan fingerprint density at radius 2 is 0.800 bits per heavy atom. The number of nitrogens with zero attached hydrogens (tertiary/aromatic N) is 12. The van der Waals surface area contributed by atoms with Crippen LogP contribution in [0.2, 0.25) is 77.1 Å². The molecular weight excluding hydrogens is 1610 g/mol. The molecule has 0 aliphatic heterocycles. The van der Waals surface area contributed by atoms with Crippen LogP contribution in [0.15, 0.2) is 214 Å². The van der Waals surface area contributed by atoms with Crippen molar-refractivity contribution in [3.05, 3.63) is 244 Å². The van der Waals surface area contributed by atoms with Crippen molar-refractivity contribution in [2.45, 2.75) is 97.4 Å². The Morgan fingerprint density at radius 3 is 1.25 bits per heavy atom. The number of aromatic amines is 2. The van der Waals surface area contributed by atoms with Gasteiger partial charge in [0.1, 0.15) is 65.1 Å². The maximum Gasteiger partial charge on any atom is 0.489 e. The Morgan fingerprint density at radius 1 is 0.419 bits per heavy atom. The molecule has 4 aromatic carbocycles. The van der Waals surface area contributed by atoms with E-state index in [0.717, 1.165) is 130 Å².